The Hall–Kier alpha value is -3.16. The molecule has 7 heteroatoms. The first-order chi connectivity index (χ1) is 14.7. The second kappa shape index (κ2) is 9.32. The highest BCUT2D eigenvalue weighted by Gasteiger charge is 2.22. The number of carbonyl (C=O) groups excluding carboxylic acids is 1. The Labute approximate surface area is 183 Å². The summed E-state index contributed by atoms with van der Waals surface area (Å²) in [5, 5.41) is 2.92. The Bertz CT molecular complexity index is 1190. The maximum Gasteiger partial charge on any atom is 0.255 e. The summed E-state index contributed by atoms with van der Waals surface area (Å²) in [6.45, 7) is 3.99. The molecule has 0 spiro atoms. The van der Waals surface area contributed by atoms with Crippen molar-refractivity contribution in [1.29, 1.82) is 0 Å². The Morgan fingerprint density at radius 1 is 1.00 bits per heavy atom. The molecule has 0 aliphatic carbocycles. The van der Waals surface area contributed by atoms with Gasteiger partial charge in [0.2, 0.25) is 10.0 Å². The molecule has 3 rings (SSSR count). The van der Waals surface area contributed by atoms with Crippen LogP contribution in [0.15, 0.2) is 71.6 Å². The summed E-state index contributed by atoms with van der Waals surface area (Å²) in [6, 6.07) is 19.0. The topological polar surface area (TPSA) is 75.7 Å². The van der Waals surface area contributed by atoms with Crippen molar-refractivity contribution in [3.63, 3.8) is 0 Å². The molecule has 1 amide bonds. The standard InChI is InChI=1S/C24H26N2O4S/c1-17-10-12-22(18(2)14-17)25-24(27)19-11-13-23(30-4)20(15-19)16-26(3)31(28,29)21-8-6-5-7-9-21/h5-15H,16H2,1-4H3,(H,25,27). The summed E-state index contributed by atoms with van der Waals surface area (Å²) < 4.78 is 32.4. The molecule has 0 unspecified atom stereocenters. The first-order valence-electron chi connectivity index (χ1n) is 9.79. The maximum atomic E-state index is 12.9. The summed E-state index contributed by atoms with van der Waals surface area (Å²) in [5.41, 5.74) is 3.83. The van der Waals surface area contributed by atoms with Crippen molar-refractivity contribution in [3.8, 4) is 5.75 Å². The van der Waals surface area contributed by atoms with Gasteiger partial charge in [0.15, 0.2) is 0 Å². The average molecular weight is 439 g/mol. The van der Waals surface area contributed by atoms with Crippen molar-refractivity contribution in [1.82, 2.24) is 4.31 Å². The van der Waals surface area contributed by atoms with Crippen molar-refractivity contribution >= 4 is 21.6 Å². The zero-order chi connectivity index (χ0) is 22.6. The van der Waals surface area contributed by atoms with Gasteiger partial charge < -0.3 is 10.1 Å². The van der Waals surface area contributed by atoms with Crippen LogP contribution in [0.3, 0.4) is 0 Å². The van der Waals surface area contributed by atoms with Crippen molar-refractivity contribution in [2.75, 3.05) is 19.5 Å². The largest absolute Gasteiger partial charge is 0.496 e. The number of hydrogen-bond acceptors (Lipinski definition) is 4. The number of rotatable bonds is 7. The smallest absolute Gasteiger partial charge is 0.255 e. The number of nitrogens with zero attached hydrogens (tertiary/aromatic N) is 1. The number of amides is 1. The van der Waals surface area contributed by atoms with E-state index in [2.05, 4.69) is 5.32 Å². The van der Waals surface area contributed by atoms with Crippen LogP contribution in [-0.4, -0.2) is 32.8 Å². The molecule has 3 aromatic rings. The van der Waals surface area contributed by atoms with E-state index in [0.29, 0.717) is 16.9 Å². The molecule has 31 heavy (non-hydrogen) atoms. The monoisotopic (exact) mass is 438 g/mol. The summed E-state index contributed by atoms with van der Waals surface area (Å²) in [6.07, 6.45) is 0. The van der Waals surface area contributed by atoms with Crippen LogP contribution in [0.4, 0.5) is 5.69 Å². The second-order valence-corrected chi connectivity index (χ2v) is 9.42. The summed E-state index contributed by atoms with van der Waals surface area (Å²) in [4.78, 5) is 13.0. The van der Waals surface area contributed by atoms with Crippen molar-refractivity contribution in [3.05, 3.63) is 89.0 Å². The van der Waals surface area contributed by atoms with E-state index in [1.54, 1.807) is 48.5 Å². The number of benzene rings is 3. The Balaban J connectivity index is 1.86. The summed E-state index contributed by atoms with van der Waals surface area (Å²) >= 11 is 0. The Morgan fingerprint density at radius 3 is 2.35 bits per heavy atom. The third-order valence-corrected chi connectivity index (χ3v) is 6.83. The van der Waals surface area contributed by atoms with E-state index in [0.717, 1.165) is 16.8 Å². The van der Waals surface area contributed by atoms with Crippen LogP contribution in [0, 0.1) is 13.8 Å². The molecule has 0 aromatic heterocycles. The van der Waals surface area contributed by atoms with E-state index in [-0.39, 0.29) is 17.3 Å². The molecule has 0 aliphatic heterocycles. The molecule has 3 aromatic carbocycles. The van der Waals surface area contributed by atoms with E-state index in [1.807, 2.05) is 32.0 Å². The molecule has 0 saturated carbocycles. The number of methoxy groups -OCH3 is 1. The lowest BCUT2D eigenvalue weighted by atomic mass is 10.1. The van der Waals surface area contributed by atoms with Gasteiger partial charge in [-0.3, -0.25) is 4.79 Å². The molecule has 0 heterocycles. The zero-order valence-electron chi connectivity index (χ0n) is 18.0. The highest BCUT2D eigenvalue weighted by atomic mass is 32.2. The van der Waals surface area contributed by atoms with Crippen LogP contribution in [0.5, 0.6) is 5.75 Å². The predicted molar refractivity (Wildman–Crippen MR) is 122 cm³/mol. The van der Waals surface area contributed by atoms with Crippen LogP contribution >= 0.6 is 0 Å². The SMILES string of the molecule is COc1ccc(C(=O)Nc2ccc(C)cc2C)cc1CN(C)S(=O)(=O)c1ccccc1. The molecular weight excluding hydrogens is 412 g/mol. The molecule has 0 radical (unpaired) electrons. The molecule has 6 nitrogen and oxygen atoms in total. The lowest BCUT2D eigenvalue weighted by Crippen LogP contribution is -2.27. The first-order valence-corrected chi connectivity index (χ1v) is 11.2. The van der Waals surface area contributed by atoms with Gasteiger partial charge >= 0.3 is 0 Å². The van der Waals surface area contributed by atoms with Gasteiger partial charge in [0, 0.05) is 30.4 Å². The highest BCUT2D eigenvalue weighted by Crippen LogP contribution is 2.25. The molecule has 0 atom stereocenters. The number of nitrogens with one attached hydrogen (secondary N) is 1. The van der Waals surface area contributed by atoms with Gasteiger partial charge in [-0.2, -0.15) is 4.31 Å². The third-order valence-electron chi connectivity index (χ3n) is 5.02. The van der Waals surface area contributed by atoms with Crippen LogP contribution in [0.2, 0.25) is 0 Å². The fourth-order valence-corrected chi connectivity index (χ4v) is 4.46. The van der Waals surface area contributed by atoms with Gasteiger partial charge in [-0.15, -0.1) is 0 Å². The molecule has 0 bridgehead atoms. The second-order valence-electron chi connectivity index (χ2n) is 7.37. The lowest BCUT2D eigenvalue weighted by molar-refractivity contribution is 0.102. The van der Waals surface area contributed by atoms with Crippen LogP contribution in [0.25, 0.3) is 0 Å². The molecule has 0 fully saturated rings. The van der Waals surface area contributed by atoms with Gasteiger partial charge in [0.25, 0.3) is 5.91 Å². The minimum Gasteiger partial charge on any atom is -0.496 e. The number of ether oxygens (including phenoxy) is 1. The van der Waals surface area contributed by atoms with E-state index in [9.17, 15) is 13.2 Å². The molecule has 162 valence electrons. The van der Waals surface area contributed by atoms with E-state index < -0.39 is 10.0 Å². The van der Waals surface area contributed by atoms with Crippen molar-refractivity contribution in [2.24, 2.45) is 0 Å². The Morgan fingerprint density at radius 2 is 1.71 bits per heavy atom. The molecule has 0 aliphatic rings. The third kappa shape index (κ3) is 5.13. The Kier molecular flexibility index (Phi) is 6.77. The highest BCUT2D eigenvalue weighted by molar-refractivity contribution is 7.89. The maximum absolute atomic E-state index is 12.9. The van der Waals surface area contributed by atoms with Crippen LogP contribution < -0.4 is 10.1 Å². The lowest BCUT2D eigenvalue weighted by Gasteiger charge is -2.19. The fraction of sp³-hybridized carbons (Fsp3) is 0.208. The van der Waals surface area contributed by atoms with Crippen LogP contribution in [-0.2, 0) is 16.6 Å². The minimum atomic E-state index is -3.68. The summed E-state index contributed by atoms with van der Waals surface area (Å²) in [7, 11) is -0.658. The predicted octanol–water partition coefficient (Wildman–Crippen LogP) is 4.39. The quantitative estimate of drug-likeness (QED) is 0.594. The van der Waals surface area contributed by atoms with Crippen LogP contribution in [0.1, 0.15) is 27.0 Å². The van der Waals surface area contributed by atoms with Gasteiger partial charge in [0.05, 0.1) is 12.0 Å². The van der Waals surface area contributed by atoms with Crippen molar-refractivity contribution in [2.45, 2.75) is 25.3 Å². The zero-order valence-corrected chi connectivity index (χ0v) is 18.9. The van der Waals surface area contributed by atoms with E-state index in [4.69, 9.17) is 4.74 Å². The number of aryl methyl sites for hydroxylation is 2. The molecule has 1 N–H and O–H groups in total. The average Bonchev–Trinajstić information content (AvgIpc) is 2.76. The summed E-state index contributed by atoms with van der Waals surface area (Å²) in [5.74, 6) is 0.239. The first kappa shape index (κ1) is 22.5. The fourth-order valence-electron chi connectivity index (χ4n) is 3.29. The molecule has 0 saturated heterocycles. The van der Waals surface area contributed by atoms with Crippen molar-refractivity contribution < 1.29 is 17.9 Å². The normalized spacial score (nSPS) is 11.4. The van der Waals surface area contributed by atoms with E-state index in [1.165, 1.54) is 18.5 Å². The van der Waals surface area contributed by atoms with E-state index >= 15 is 0 Å². The number of anilines is 1. The van der Waals surface area contributed by atoms with Gasteiger partial charge in [-0.1, -0.05) is 35.9 Å². The minimum absolute atomic E-state index is 0.0606. The number of carbonyl (C=O) groups is 1. The van der Waals surface area contributed by atoms with Gasteiger partial charge in [-0.05, 0) is 55.8 Å². The van der Waals surface area contributed by atoms with Gasteiger partial charge in [0.1, 0.15) is 5.75 Å². The molecular formula is C24H26N2O4S. The number of hydrogen-bond donors (Lipinski definition) is 1. The number of sulfonamides is 1. The van der Waals surface area contributed by atoms with Gasteiger partial charge in [-0.25, -0.2) is 8.42 Å².